The van der Waals surface area contributed by atoms with Gasteiger partial charge in [-0.1, -0.05) is 57.7 Å². The second-order valence-electron chi connectivity index (χ2n) is 9.87. The van der Waals surface area contributed by atoms with Gasteiger partial charge in [0.15, 0.2) is 5.78 Å². The number of thiophene rings is 1. The fourth-order valence-electron chi connectivity index (χ4n) is 4.52. The molecule has 176 valence electrons. The van der Waals surface area contributed by atoms with Crippen LogP contribution in [0.4, 0.5) is 5.69 Å². The standard InChI is InChI=1S/C27H29N3O2S2/c1-16(2)17-7-9-18(10-8-17)29-23(32)15-34-26-19(14-28)24(22-6-5-11-33-22)25-20(30-26)12-27(3,4)13-21(25)31/h5-11,16,24,30H,12-13,15H2,1-4H3,(H,29,32). The van der Waals surface area contributed by atoms with Gasteiger partial charge >= 0.3 is 0 Å². The Bertz CT molecular complexity index is 1200. The molecule has 0 saturated heterocycles. The molecule has 0 fully saturated rings. The van der Waals surface area contributed by atoms with Gasteiger partial charge in [-0.3, -0.25) is 9.59 Å². The smallest absolute Gasteiger partial charge is 0.234 e. The van der Waals surface area contributed by atoms with E-state index in [2.05, 4.69) is 44.4 Å². The summed E-state index contributed by atoms with van der Waals surface area (Å²) >= 11 is 2.87. The van der Waals surface area contributed by atoms with Gasteiger partial charge in [-0.2, -0.15) is 5.26 Å². The molecule has 2 heterocycles. The lowest BCUT2D eigenvalue weighted by atomic mass is 9.70. The summed E-state index contributed by atoms with van der Waals surface area (Å²) in [5, 5.41) is 19.0. The number of thioether (sulfide) groups is 1. The van der Waals surface area contributed by atoms with Crippen molar-refractivity contribution in [2.75, 3.05) is 11.1 Å². The summed E-state index contributed by atoms with van der Waals surface area (Å²) in [5.74, 6) is 0.175. The number of nitrogens with zero attached hydrogens (tertiary/aromatic N) is 1. The van der Waals surface area contributed by atoms with Crippen LogP contribution in [0.2, 0.25) is 0 Å². The van der Waals surface area contributed by atoms with Crippen LogP contribution in [0, 0.1) is 16.7 Å². The van der Waals surface area contributed by atoms with Gasteiger partial charge in [0, 0.05) is 28.3 Å². The Labute approximate surface area is 209 Å². The molecule has 0 radical (unpaired) electrons. The number of hydrogen-bond donors (Lipinski definition) is 2. The minimum atomic E-state index is -0.376. The molecule has 1 aromatic heterocycles. The van der Waals surface area contributed by atoms with Gasteiger partial charge in [0.2, 0.25) is 5.91 Å². The number of carbonyl (C=O) groups is 2. The van der Waals surface area contributed by atoms with Gasteiger partial charge in [-0.15, -0.1) is 11.3 Å². The van der Waals surface area contributed by atoms with Crippen LogP contribution < -0.4 is 10.6 Å². The normalized spacial score (nSPS) is 19.5. The second kappa shape index (κ2) is 9.81. The molecule has 0 saturated carbocycles. The number of Topliss-reactive ketones (excluding diaryl/α,β-unsaturated/α-hetero) is 1. The number of amides is 1. The Balaban J connectivity index is 1.56. The van der Waals surface area contributed by atoms with E-state index in [4.69, 9.17) is 0 Å². The van der Waals surface area contributed by atoms with Crippen LogP contribution in [-0.4, -0.2) is 17.4 Å². The van der Waals surface area contributed by atoms with Crippen molar-refractivity contribution in [3.63, 3.8) is 0 Å². The fraction of sp³-hybridized carbons (Fsp3) is 0.370. The van der Waals surface area contributed by atoms with Crippen molar-refractivity contribution in [1.82, 2.24) is 5.32 Å². The molecule has 4 rings (SSSR count). The lowest BCUT2D eigenvalue weighted by Gasteiger charge is -2.38. The molecule has 1 atom stereocenters. The zero-order valence-electron chi connectivity index (χ0n) is 19.9. The summed E-state index contributed by atoms with van der Waals surface area (Å²) in [6, 6.07) is 14.1. The quantitative estimate of drug-likeness (QED) is 0.495. The predicted octanol–water partition coefficient (Wildman–Crippen LogP) is 6.31. The van der Waals surface area contributed by atoms with E-state index in [0.29, 0.717) is 28.5 Å². The monoisotopic (exact) mass is 491 g/mol. The van der Waals surface area contributed by atoms with E-state index in [9.17, 15) is 14.9 Å². The number of rotatable bonds is 6. The van der Waals surface area contributed by atoms with Crippen molar-refractivity contribution in [3.05, 3.63) is 74.1 Å². The number of nitrogens with one attached hydrogen (secondary N) is 2. The van der Waals surface area contributed by atoms with Crippen LogP contribution in [0.5, 0.6) is 0 Å². The van der Waals surface area contributed by atoms with Gasteiger partial charge in [-0.25, -0.2) is 0 Å². The summed E-state index contributed by atoms with van der Waals surface area (Å²) < 4.78 is 0. The van der Waals surface area contributed by atoms with Crippen molar-refractivity contribution in [2.24, 2.45) is 5.41 Å². The first kappa shape index (κ1) is 24.3. The Morgan fingerprint density at radius 3 is 2.62 bits per heavy atom. The molecular weight excluding hydrogens is 462 g/mol. The van der Waals surface area contributed by atoms with Crippen molar-refractivity contribution in [3.8, 4) is 6.07 Å². The van der Waals surface area contributed by atoms with Crippen molar-refractivity contribution >= 4 is 40.5 Å². The Morgan fingerprint density at radius 2 is 2.00 bits per heavy atom. The fourth-order valence-corrected chi connectivity index (χ4v) is 6.22. The highest BCUT2D eigenvalue weighted by Gasteiger charge is 2.42. The van der Waals surface area contributed by atoms with E-state index < -0.39 is 0 Å². The maximum atomic E-state index is 13.2. The lowest BCUT2D eigenvalue weighted by molar-refractivity contribution is -0.118. The minimum absolute atomic E-state index is 0.0940. The predicted molar refractivity (Wildman–Crippen MR) is 140 cm³/mol. The lowest BCUT2D eigenvalue weighted by Crippen LogP contribution is -2.36. The number of anilines is 1. The summed E-state index contributed by atoms with van der Waals surface area (Å²) in [5.41, 5.74) is 3.91. The van der Waals surface area contributed by atoms with Gasteiger partial charge < -0.3 is 10.6 Å². The molecule has 0 bridgehead atoms. The van der Waals surface area contributed by atoms with Gasteiger partial charge in [0.25, 0.3) is 0 Å². The number of carbonyl (C=O) groups excluding carboxylic acids is 2. The topological polar surface area (TPSA) is 82.0 Å². The van der Waals surface area contributed by atoms with Crippen molar-refractivity contribution in [1.29, 1.82) is 5.26 Å². The third kappa shape index (κ3) is 5.13. The average Bonchev–Trinajstić information content (AvgIpc) is 3.30. The number of hydrogen-bond acceptors (Lipinski definition) is 6. The summed E-state index contributed by atoms with van der Waals surface area (Å²) in [6.45, 7) is 8.44. The van der Waals surface area contributed by atoms with Crippen LogP contribution >= 0.6 is 23.1 Å². The third-order valence-electron chi connectivity index (χ3n) is 6.16. The first-order valence-corrected chi connectivity index (χ1v) is 13.3. The van der Waals surface area contributed by atoms with E-state index in [1.807, 2.05) is 41.8 Å². The maximum Gasteiger partial charge on any atom is 0.234 e. The zero-order chi connectivity index (χ0) is 24.5. The van der Waals surface area contributed by atoms with Crippen molar-refractivity contribution < 1.29 is 9.59 Å². The van der Waals surface area contributed by atoms with Crippen LogP contribution in [0.15, 0.2) is 63.7 Å². The van der Waals surface area contributed by atoms with Crippen LogP contribution in [0.1, 0.15) is 62.8 Å². The SMILES string of the molecule is CC(C)c1ccc(NC(=O)CSC2=C(C#N)C(c3cccs3)C3=C(CC(C)(C)CC3=O)N2)cc1. The Morgan fingerprint density at radius 1 is 1.26 bits per heavy atom. The largest absolute Gasteiger partial charge is 0.352 e. The number of benzene rings is 1. The molecule has 1 unspecified atom stereocenters. The summed E-state index contributed by atoms with van der Waals surface area (Å²) in [4.78, 5) is 26.8. The first-order chi connectivity index (χ1) is 16.2. The van der Waals surface area contributed by atoms with Crippen LogP contribution in [0.3, 0.4) is 0 Å². The molecule has 2 N–H and O–H groups in total. The molecule has 5 nitrogen and oxygen atoms in total. The number of ketones is 1. The molecule has 2 aliphatic rings. The van der Waals surface area contributed by atoms with E-state index >= 15 is 0 Å². The molecule has 7 heteroatoms. The molecule has 34 heavy (non-hydrogen) atoms. The van der Waals surface area contributed by atoms with E-state index in [-0.39, 0.29) is 28.8 Å². The zero-order valence-corrected chi connectivity index (χ0v) is 21.5. The summed E-state index contributed by atoms with van der Waals surface area (Å²) in [7, 11) is 0. The minimum Gasteiger partial charge on any atom is -0.352 e. The van der Waals surface area contributed by atoms with Gasteiger partial charge in [0.05, 0.1) is 28.3 Å². The van der Waals surface area contributed by atoms with E-state index in [1.165, 1.54) is 17.3 Å². The molecule has 2 aromatic rings. The second-order valence-corrected chi connectivity index (χ2v) is 11.8. The highest BCUT2D eigenvalue weighted by Crippen LogP contribution is 2.48. The maximum absolute atomic E-state index is 13.2. The molecule has 1 aliphatic heterocycles. The van der Waals surface area contributed by atoms with Crippen LogP contribution in [0.25, 0.3) is 0 Å². The molecular formula is C27H29N3O2S2. The van der Waals surface area contributed by atoms with Crippen LogP contribution in [-0.2, 0) is 9.59 Å². The first-order valence-electron chi connectivity index (χ1n) is 11.4. The van der Waals surface area contributed by atoms with Crippen molar-refractivity contribution in [2.45, 2.75) is 52.4 Å². The average molecular weight is 492 g/mol. The molecule has 1 amide bonds. The van der Waals surface area contributed by atoms with Gasteiger partial charge in [-0.05, 0) is 46.9 Å². The molecule has 1 aliphatic carbocycles. The molecule has 0 spiro atoms. The van der Waals surface area contributed by atoms with E-state index in [1.54, 1.807) is 11.3 Å². The Kier molecular flexibility index (Phi) is 7.01. The third-order valence-corrected chi connectivity index (χ3v) is 8.12. The summed E-state index contributed by atoms with van der Waals surface area (Å²) in [6.07, 6.45) is 1.20. The number of dihydropyridines is 1. The Hall–Kier alpha value is -2.82. The number of allylic oxidation sites excluding steroid dienone is 3. The van der Waals surface area contributed by atoms with Gasteiger partial charge in [0.1, 0.15) is 0 Å². The highest BCUT2D eigenvalue weighted by atomic mass is 32.2. The number of nitriles is 1. The molecule has 1 aromatic carbocycles. The highest BCUT2D eigenvalue weighted by molar-refractivity contribution is 8.03. The van der Waals surface area contributed by atoms with E-state index in [0.717, 1.165) is 22.7 Å².